The van der Waals surface area contributed by atoms with Crippen LogP contribution in [0.3, 0.4) is 0 Å². The van der Waals surface area contributed by atoms with E-state index in [2.05, 4.69) is 27.0 Å². The molecule has 0 spiro atoms. The van der Waals surface area contributed by atoms with Crippen LogP contribution in [0, 0.1) is 5.92 Å². The van der Waals surface area contributed by atoms with E-state index in [1.807, 2.05) is 0 Å². The van der Waals surface area contributed by atoms with Gasteiger partial charge in [0.05, 0.1) is 6.04 Å². The molecule has 15 heavy (non-hydrogen) atoms. The number of nitrogens with zero attached hydrogens (tertiary/aromatic N) is 3. The predicted octanol–water partition coefficient (Wildman–Crippen LogP) is 1.28. The molecule has 1 aromatic rings. The van der Waals surface area contributed by atoms with Crippen LogP contribution in [0.4, 0.5) is 0 Å². The van der Waals surface area contributed by atoms with Gasteiger partial charge in [0, 0.05) is 19.5 Å². The SMILES string of the molecule is CCCc1nnc2n1CCNC2C1CC1. The minimum absolute atomic E-state index is 0.483. The van der Waals surface area contributed by atoms with Gasteiger partial charge in [-0.25, -0.2) is 0 Å². The smallest absolute Gasteiger partial charge is 0.150 e. The average Bonchev–Trinajstić information content (AvgIpc) is 3.02. The summed E-state index contributed by atoms with van der Waals surface area (Å²) < 4.78 is 2.34. The number of rotatable bonds is 3. The molecule has 1 saturated carbocycles. The van der Waals surface area contributed by atoms with Crippen molar-refractivity contribution in [3.63, 3.8) is 0 Å². The van der Waals surface area contributed by atoms with Gasteiger partial charge in [0.2, 0.25) is 0 Å². The van der Waals surface area contributed by atoms with Crippen LogP contribution < -0.4 is 5.32 Å². The Hall–Kier alpha value is -0.900. The fraction of sp³-hybridized carbons (Fsp3) is 0.818. The average molecular weight is 206 g/mol. The van der Waals surface area contributed by atoms with Crippen LogP contribution in [0.25, 0.3) is 0 Å². The molecule has 1 unspecified atom stereocenters. The molecule has 0 saturated heterocycles. The molecular formula is C11H18N4. The van der Waals surface area contributed by atoms with E-state index in [0.717, 1.165) is 31.8 Å². The first-order chi connectivity index (χ1) is 7.40. The first kappa shape index (κ1) is 9.33. The molecule has 1 aliphatic carbocycles. The fourth-order valence-corrected chi connectivity index (χ4v) is 2.46. The molecule has 3 rings (SSSR count). The second-order valence-corrected chi connectivity index (χ2v) is 4.65. The Balaban J connectivity index is 1.91. The van der Waals surface area contributed by atoms with E-state index < -0.39 is 0 Å². The maximum Gasteiger partial charge on any atom is 0.150 e. The van der Waals surface area contributed by atoms with Gasteiger partial charge in [-0.15, -0.1) is 10.2 Å². The summed E-state index contributed by atoms with van der Waals surface area (Å²) in [6.45, 7) is 4.31. The quantitative estimate of drug-likeness (QED) is 0.810. The Kier molecular flexibility index (Phi) is 2.24. The Morgan fingerprint density at radius 2 is 2.27 bits per heavy atom. The van der Waals surface area contributed by atoms with E-state index in [1.165, 1.54) is 24.5 Å². The third-order valence-electron chi connectivity index (χ3n) is 3.40. The summed E-state index contributed by atoms with van der Waals surface area (Å²) >= 11 is 0. The van der Waals surface area contributed by atoms with Gasteiger partial charge >= 0.3 is 0 Å². The van der Waals surface area contributed by atoms with Crippen LogP contribution in [-0.2, 0) is 13.0 Å². The Labute approximate surface area is 90.1 Å². The lowest BCUT2D eigenvalue weighted by Gasteiger charge is -2.24. The first-order valence-electron chi connectivity index (χ1n) is 6.05. The van der Waals surface area contributed by atoms with E-state index >= 15 is 0 Å². The minimum Gasteiger partial charge on any atom is -0.312 e. The van der Waals surface area contributed by atoms with Crippen LogP contribution in [0.1, 0.15) is 43.9 Å². The van der Waals surface area contributed by atoms with E-state index in [0.29, 0.717) is 6.04 Å². The van der Waals surface area contributed by atoms with Crippen molar-refractivity contribution in [3.05, 3.63) is 11.6 Å². The summed E-state index contributed by atoms with van der Waals surface area (Å²) in [6, 6.07) is 0.483. The van der Waals surface area contributed by atoms with Crippen LogP contribution in [0.2, 0.25) is 0 Å². The van der Waals surface area contributed by atoms with Gasteiger partial charge in [0.25, 0.3) is 0 Å². The minimum atomic E-state index is 0.483. The molecule has 0 aromatic carbocycles. The number of aromatic nitrogens is 3. The highest BCUT2D eigenvalue weighted by atomic mass is 15.3. The lowest BCUT2D eigenvalue weighted by Crippen LogP contribution is -2.35. The first-order valence-corrected chi connectivity index (χ1v) is 6.05. The number of aryl methyl sites for hydroxylation is 1. The van der Waals surface area contributed by atoms with Crippen LogP contribution in [0.5, 0.6) is 0 Å². The Bertz CT molecular complexity index is 353. The highest BCUT2D eigenvalue weighted by molar-refractivity contribution is 5.08. The summed E-state index contributed by atoms with van der Waals surface area (Å²) in [4.78, 5) is 0. The highest BCUT2D eigenvalue weighted by Gasteiger charge is 2.37. The molecule has 0 bridgehead atoms. The fourth-order valence-electron chi connectivity index (χ4n) is 2.46. The van der Waals surface area contributed by atoms with Gasteiger partial charge in [-0.2, -0.15) is 0 Å². The molecular weight excluding hydrogens is 188 g/mol. The Morgan fingerprint density at radius 3 is 3.00 bits per heavy atom. The highest BCUT2D eigenvalue weighted by Crippen LogP contribution is 2.41. The molecule has 82 valence electrons. The van der Waals surface area contributed by atoms with Gasteiger partial charge < -0.3 is 9.88 Å². The normalized spacial score (nSPS) is 25.3. The lowest BCUT2D eigenvalue weighted by molar-refractivity contribution is 0.376. The summed E-state index contributed by atoms with van der Waals surface area (Å²) in [5.74, 6) is 3.19. The van der Waals surface area contributed by atoms with Gasteiger partial charge in [0.1, 0.15) is 5.82 Å². The summed E-state index contributed by atoms with van der Waals surface area (Å²) in [5, 5.41) is 12.3. The van der Waals surface area contributed by atoms with Crippen molar-refractivity contribution in [3.8, 4) is 0 Å². The van der Waals surface area contributed by atoms with Crippen molar-refractivity contribution >= 4 is 0 Å². The third-order valence-corrected chi connectivity index (χ3v) is 3.40. The molecule has 0 amide bonds. The number of hydrogen-bond donors (Lipinski definition) is 1. The third kappa shape index (κ3) is 1.57. The lowest BCUT2D eigenvalue weighted by atomic mass is 10.1. The van der Waals surface area contributed by atoms with Crippen LogP contribution >= 0.6 is 0 Å². The predicted molar refractivity (Wildman–Crippen MR) is 57.5 cm³/mol. The standard InChI is InChI=1S/C11H18N4/c1-2-3-9-13-14-11-10(8-4-5-8)12-6-7-15(9)11/h8,10,12H,2-7H2,1H3. The summed E-state index contributed by atoms with van der Waals surface area (Å²) in [5.41, 5.74) is 0. The number of fused-ring (bicyclic) bond motifs is 1. The molecule has 1 aliphatic heterocycles. The Morgan fingerprint density at radius 1 is 1.40 bits per heavy atom. The van der Waals surface area contributed by atoms with Crippen molar-refractivity contribution in [2.75, 3.05) is 6.54 Å². The van der Waals surface area contributed by atoms with Crippen molar-refractivity contribution in [2.45, 2.75) is 45.2 Å². The molecule has 4 nitrogen and oxygen atoms in total. The number of hydrogen-bond acceptors (Lipinski definition) is 3. The van der Waals surface area contributed by atoms with Crippen LogP contribution in [0.15, 0.2) is 0 Å². The van der Waals surface area contributed by atoms with Gasteiger partial charge in [0.15, 0.2) is 5.82 Å². The molecule has 1 aromatic heterocycles. The second-order valence-electron chi connectivity index (χ2n) is 4.65. The maximum atomic E-state index is 4.37. The van der Waals surface area contributed by atoms with Gasteiger partial charge in [-0.3, -0.25) is 0 Å². The summed E-state index contributed by atoms with van der Waals surface area (Å²) in [6.07, 6.45) is 4.92. The zero-order valence-electron chi connectivity index (χ0n) is 9.24. The van der Waals surface area contributed by atoms with E-state index in [1.54, 1.807) is 0 Å². The van der Waals surface area contributed by atoms with Crippen molar-refractivity contribution in [2.24, 2.45) is 5.92 Å². The van der Waals surface area contributed by atoms with E-state index in [-0.39, 0.29) is 0 Å². The molecule has 0 radical (unpaired) electrons. The molecule has 4 heteroatoms. The van der Waals surface area contributed by atoms with Crippen molar-refractivity contribution in [1.29, 1.82) is 0 Å². The van der Waals surface area contributed by atoms with Crippen molar-refractivity contribution < 1.29 is 0 Å². The van der Waals surface area contributed by atoms with E-state index in [9.17, 15) is 0 Å². The molecule has 1 atom stereocenters. The van der Waals surface area contributed by atoms with Gasteiger partial charge in [-0.1, -0.05) is 6.92 Å². The zero-order valence-corrected chi connectivity index (χ0v) is 9.24. The van der Waals surface area contributed by atoms with Crippen molar-refractivity contribution in [1.82, 2.24) is 20.1 Å². The molecule has 1 N–H and O–H groups in total. The second kappa shape index (κ2) is 3.59. The van der Waals surface area contributed by atoms with E-state index in [4.69, 9.17) is 0 Å². The summed E-state index contributed by atoms with van der Waals surface area (Å²) in [7, 11) is 0. The number of nitrogens with one attached hydrogen (secondary N) is 1. The molecule has 1 fully saturated rings. The largest absolute Gasteiger partial charge is 0.312 e. The molecule has 2 heterocycles. The molecule has 2 aliphatic rings. The van der Waals surface area contributed by atoms with Gasteiger partial charge in [-0.05, 0) is 25.2 Å². The topological polar surface area (TPSA) is 42.7 Å². The zero-order chi connectivity index (χ0) is 10.3. The monoisotopic (exact) mass is 206 g/mol. The van der Waals surface area contributed by atoms with Crippen LogP contribution in [-0.4, -0.2) is 21.3 Å². The maximum absolute atomic E-state index is 4.37.